The van der Waals surface area contributed by atoms with Gasteiger partial charge < -0.3 is 19.4 Å². The first kappa shape index (κ1) is 21.2. The molecule has 1 amide bonds. The Morgan fingerprint density at radius 1 is 0.879 bits per heavy atom. The van der Waals surface area contributed by atoms with E-state index in [9.17, 15) is 4.79 Å². The molecule has 2 aliphatic heterocycles. The molecule has 0 aliphatic carbocycles. The predicted octanol–water partition coefficient (Wildman–Crippen LogP) is 2.62. The Labute approximate surface area is 193 Å². The van der Waals surface area contributed by atoms with Crippen molar-refractivity contribution in [3.8, 4) is 11.6 Å². The Hall–Kier alpha value is -3.62. The number of rotatable bonds is 5. The van der Waals surface area contributed by atoms with Gasteiger partial charge in [-0.25, -0.2) is 15.0 Å². The van der Waals surface area contributed by atoms with Crippen molar-refractivity contribution < 1.29 is 9.53 Å². The van der Waals surface area contributed by atoms with Crippen LogP contribution in [0.4, 0.5) is 11.5 Å². The number of piperidine rings is 1. The molecule has 0 saturated carbocycles. The fraction of sp³-hybridized carbons (Fsp3) is 0.417. The van der Waals surface area contributed by atoms with E-state index in [-0.39, 0.29) is 5.91 Å². The highest BCUT2D eigenvalue weighted by atomic mass is 16.5. The van der Waals surface area contributed by atoms with Crippen molar-refractivity contribution in [2.45, 2.75) is 19.3 Å². The van der Waals surface area contributed by atoms with Crippen LogP contribution in [-0.2, 0) is 0 Å². The second-order valence-corrected chi connectivity index (χ2v) is 8.43. The van der Waals surface area contributed by atoms with Gasteiger partial charge in [0.15, 0.2) is 0 Å². The van der Waals surface area contributed by atoms with Gasteiger partial charge in [0, 0.05) is 63.3 Å². The molecule has 0 unspecified atom stereocenters. The Bertz CT molecular complexity index is 1100. The number of imidazole rings is 1. The lowest BCUT2D eigenvalue weighted by Crippen LogP contribution is -2.48. The fourth-order valence-corrected chi connectivity index (χ4v) is 4.47. The molecule has 0 bridgehead atoms. The summed E-state index contributed by atoms with van der Waals surface area (Å²) in [7, 11) is 1.67. The number of ether oxygens (including phenoxy) is 1. The number of benzene rings is 1. The number of amides is 1. The van der Waals surface area contributed by atoms with E-state index in [1.54, 1.807) is 30.5 Å². The van der Waals surface area contributed by atoms with Crippen LogP contribution in [0.5, 0.6) is 5.75 Å². The second kappa shape index (κ2) is 9.48. The first-order valence-corrected chi connectivity index (χ1v) is 11.5. The number of hydrogen-bond donors (Lipinski definition) is 0. The summed E-state index contributed by atoms with van der Waals surface area (Å²) in [4.78, 5) is 32.7. The number of carbonyl (C=O) groups excluding carboxylic acids is 1. The molecule has 3 aromatic rings. The van der Waals surface area contributed by atoms with Gasteiger partial charge >= 0.3 is 0 Å². The largest absolute Gasteiger partial charge is 0.497 e. The highest BCUT2D eigenvalue weighted by Gasteiger charge is 2.24. The lowest BCUT2D eigenvalue weighted by Gasteiger charge is -2.35. The Morgan fingerprint density at radius 3 is 2.45 bits per heavy atom. The molecule has 0 N–H and O–H groups in total. The summed E-state index contributed by atoms with van der Waals surface area (Å²) in [6.07, 6.45) is 8.65. The van der Waals surface area contributed by atoms with Crippen LogP contribution in [0, 0.1) is 0 Å². The molecule has 0 spiro atoms. The lowest BCUT2D eigenvalue weighted by molar-refractivity contribution is 0.0741. The maximum Gasteiger partial charge on any atom is 0.274 e. The van der Waals surface area contributed by atoms with Gasteiger partial charge in [-0.2, -0.15) is 0 Å². The first-order chi connectivity index (χ1) is 16.2. The van der Waals surface area contributed by atoms with Gasteiger partial charge in [0.25, 0.3) is 5.91 Å². The summed E-state index contributed by atoms with van der Waals surface area (Å²) < 4.78 is 7.13. The molecule has 0 atom stereocenters. The van der Waals surface area contributed by atoms with Crippen molar-refractivity contribution in [3.05, 3.63) is 54.9 Å². The van der Waals surface area contributed by atoms with Crippen LogP contribution in [0.15, 0.2) is 49.2 Å². The SMILES string of the molecule is COc1cccc(N2CCN(C(=O)c3cn(-c4cc(N5CCCCC5)ncn4)cn3)CC2)c1. The van der Waals surface area contributed by atoms with Crippen molar-refractivity contribution in [2.24, 2.45) is 0 Å². The molecule has 9 nitrogen and oxygen atoms in total. The molecular formula is C24H29N7O2. The number of hydrogen-bond acceptors (Lipinski definition) is 7. The van der Waals surface area contributed by atoms with Crippen molar-refractivity contribution in [1.82, 2.24) is 24.4 Å². The van der Waals surface area contributed by atoms with Crippen molar-refractivity contribution in [3.63, 3.8) is 0 Å². The molecule has 5 rings (SSSR count). The monoisotopic (exact) mass is 447 g/mol. The van der Waals surface area contributed by atoms with Crippen LogP contribution < -0.4 is 14.5 Å². The van der Waals surface area contributed by atoms with Crippen molar-refractivity contribution >= 4 is 17.4 Å². The Morgan fingerprint density at radius 2 is 1.67 bits per heavy atom. The van der Waals surface area contributed by atoms with Gasteiger partial charge in [-0.3, -0.25) is 9.36 Å². The van der Waals surface area contributed by atoms with E-state index in [1.807, 2.05) is 29.2 Å². The van der Waals surface area contributed by atoms with Crippen LogP contribution in [0.3, 0.4) is 0 Å². The molecule has 2 aliphatic rings. The van der Waals surface area contributed by atoms with E-state index in [4.69, 9.17) is 4.74 Å². The van der Waals surface area contributed by atoms with Gasteiger partial charge in [-0.05, 0) is 31.4 Å². The number of anilines is 2. The zero-order valence-corrected chi connectivity index (χ0v) is 18.9. The zero-order chi connectivity index (χ0) is 22.6. The van der Waals surface area contributed by atoms with E-state index in [1.165, 1.54) is 19.3 Å². The Balaban J connectivity index is 1.24. The summed E-state index contributed by atoms with van der Waals surface area (Å²) in [5.41, 5.74) is 1.54. The first-order valence-electron chi connectivity index (χ1n) is 11.5. The maximum absolute atomic E-state index is 13.1. The zero-order valence-electron chi connectivity index (χ0n) is 18.9. The minimum absolute atomic E-state index is 0.0515. The van der Waals surface area contributed by atoms with Crippen molar-refractivity contribution in [1.29, 1.82) is 0 Å². The third kappa shape index (κ3) is 4.62. The average Bonchev–Trinajstić information content (AvgIpc) is 3.39. The van der Waals surface area contributed by atoms with E-state index in [2.05, 4.69) is 30.8 Å². The molecule has 0 radical (unpaired) electrons. The molecule has 9 heteroatoms. The molecular weight excluding hydrogens is 418 g/mol. The average molecular weight is 448 g/mol. The van der Waals surface area contributed by atoms with Gasteiger partial charge in [0.1, 0.15) is 35.7 Å². The number of methoxy groups -OCH3 is 1. The summed E-state index contributed by atoms with van der Waals surface area (Å²) in [5, 5.41) is 0. The fourth-order valence-electron chi connectivity index (χ4n) is 4.47. The van der Waals surface area contributed by atoms with Crippen molar-refractivity contribution in [2.75, 3.05) is 56.2 Å². The van der Waals surface area contributed by atoms with Crippen LogP contribution in [-0.4, -0.2) is 76.7 Å². The van der Waals surface area contributed by atoms with E-state index >= 15 is 0 Å². The highest BCUT2D eigenvalue weighted by molar-refractivity contribution is 5.92. The van der Waals surface area contributed by atoms with E-state index < -0.39 is 0 Å². The molecule has 4 heterocycles. The molecule has 172 valence electrons. The molecule has 1 aromatic carbocycles. The molecule has 2 aromatic heterocycles. The molecule has 2 fully saturated rings. The third-order valence-electron chi connectivity index (χ3n) is 6.37. The number of aromatic nitrogens is 4. The van der Waals surface area contributed by atoms with Gasteiger partial charge in [0.2, 0.25) is 0 Å². The number of carbonyl (C=O) groups is 1. The number of piperazine rings is 1. The van der Waals surface area contributed by atoms with Gasteiger partial charge in [-0.1, -0.05) is 6.07 Å². The van der Waals surface area contributed by atoms with Gasteiger partial charge in [0.05, 0.1) is 7.11 Å². The topological polar surface area (TPSA) is 79.6 Å². The maximum atomic E-state index is 13.1. The minimum Gasteiger partial charge on any atom is -0.497 e. The summed E-state index contributed by atoms with van der Waals surface area (Å²) in [6, 6.07) is 9.99. The summed E-state index contributed by atoms with van der Waals surface area (Å²) >= 11 is 0. The Kier molecular flexibility index (Phi) is 6.10. The predicted molar refractivity (Wildman–Crippen MR) is 126 cm³/mol. The quantitative estimate of drug-likeness (QED) is 0.595. The molecule has 33 heavy (non-hydrogen) atoms. The van der Waals surface area contributed by atoms with Crippen LogP contribution in [0.1, 0.15) is 29.8 Å². The highest BCUT2D eigenvalue weighted by Crippen LogP contribution is 2.23. The van der Waals surface area contributed by atoms with E-state index in [0.717, 1.165) is 49.3 Å². The van der Waals surface area contributed by atoms with Crippen LogP contribution in [0.25, 0.3) is 5.82 Å². The lowest BCUT2D eigenvalue weighted by atomic mass is 10.1. The number of nitrogens with zero attached hydrogens (tertiary/aromatic N) is 7. The second-order valence-electron chi connectivity index (χ2n) is 8.43. The van der Waals surface area contributed by atoms with Crippen LogP contribution in [0.2, 0.25) is 0 Å². The minimum atomic E-state index is -0.0515. The van der Waals surface area contributed by atoms with Crippen LogP contribution >= 0.6 is 0 Å². The standard InChI is InChI=1S/C24H29N7O2/c1-33-20-7-5-6-19(14-20)28-10-12-30(13-11-28)24(32)21-16-31(18-27-21)23-15-22(25-17-26-23)29-8-3-2-4-9-29/h5-7,14-18H,2-4,8-13H2,1H3. The smallest absolute Gasteiger partial charge is 0.274 e. The third-order valence-corrected chi connectivity index (χ3v) is 6.37. The summed E-state index contributed by atoms with van der Waals surface area (Å²) in [5.74, 6) is 2.43. The summed E-state index contributed by atoms with van der Waals surface area (Å²) in [6.45, 7) is 4.87. The molecule has 2 saturated heterocycles. The van der Waals surface area contributed by atoms with E-state index in [0.29, 0.717) is 18.8 Å². The van der Waals surface area contributed by atoms with Gasteiger partial charge in [-0.15, -0.1) is 0 Å². The normalized spacial score (nSPS) is 16.7.